The van der Waals surface area contributed by atoms with Crippen LogP contribution in [-0.2, 0) is 6.54 Å². The molecule has 0 aliphatic carbocycles. The smallest absolute Gasteiger partial charge is 0.133 e. The van der Waals surface area contributed by atoms with Crippen LogP contribution in [0.4, 0.5) is 0 Å². The van der Waals surface area contributed by atoms with E-state index in [1.165, 1.54) is 23.3 Å². The van der Waals surface area contributed by atoms with Crippen LogP contribution in [0.2, 0.25) is 0 Å². The van der Waals surface area contributed by atoms with Crippen LogP contribution in [0, 0.1) is 0 Å². The molecule has 1 aliphatic heterocycles. The zero-order chi connectivity index (χ0) is 13.0. The molecule has 100 valence electrons. The lowest BCUT2D eigenvalue weighted by Crippen LogP contribution is -3.15. The summed E-state index contributed by atoms with van der Waals surface area (Å²) in [6, 6.07) is 6.63. The summed E-state index contributed by atoms with van der Waals surface area (Å²) in [5.41, 5.74) is 1.29. The molecule has 0 radical (unpaired) electrons. The van der Waals surface area contributed by atoms with Crippen molar-refractivity contribution in [2.45, 2.75) is 31.8 Å². The third-order valence-electron chi connectivity index (χ3n) is 3.75. The highest BCUT2D eigenvalue weighted by Gasteiger charge is 2.25. The SMILES string of the molecule is COc1ccc(C[NH+]2CCCC[C@H]2CO)cc1Br. The van der Waals surface area contributed by atoms with Crippen molar-refractivity contribution in [1.82, 2.24) is 0 Å². The lowest BCUT2D eigenvalue weighted by molar-refractivity contribution is -0.944. The van der Waals surface area contributed by atoms with Gasteiger partial charge in [-0.05, 0) is 47.0 Å². The Morgan fingerprint density at radius 2 is 2.28 bits per heavy atom. The van der Waals surface area contributed by atoms with E-state index in [4.69, 9.17) is 4.74 Å². The zero-order valence-electron chi connectivity index (χ0n) is 10.8. The summed E-state index contributed by atoms with van der Waals surface area (Å²) >= 11 is 3.52. The van der Waals surface area contributed by atoms with Gasteiger partial charge >= 0.3 is 0 Å². The number of methoxy groups -OCH3 is 1. The molecule has 3 nitrogen and oxygen atoms in total. The highest BCUT2D eigenvalue weighted by molar-refractivity contribution is 9.10. The van der Waals surface area contributed by atoms with Crippen molar-refractivity contribution in [2.24, 2.45) is 0 Å². The molecule has 1 aromatic rings. The molecule has 0 aromatic heterocycles. The van der Waals surface area contributed by atoms with Gasteiger partial charge in [-0.15, -0.1) is 0 Å². The Morgan fingerprint density at radius 1 is 1.44 bits per heavy atom. The number of rotatable bonds is 4. The van der Waals surface area contributed by atoms with Crippen molar-refractivity contribution < 1.29 is 14.7 Å². The van der Waals surface area contributed by atoms with Crippen molar-refractivity contribution in [2.75, 3.05) is 20.3 Å². The first-order valence-corrected chi connectivity index (χ1v) is 7.31. The molecule has 0 spiro atoms. The first kappa shape index (κ1) is 13.8. The molecule has 1 aromatic carbocycles. The van der Waals surface area contributed by atoms with E-state index in [0.717, 1.165) is 29.7 Å². The van der Waals surface area contributed by atoms with Crippen LogP contribution in [0.25, 0.3) is 0 Å². The lowest BCUT2D eigenvalue weighted by Gasteiger charge is -2.31. The summed E-state index contributed by atoms with van der Waals surface area (Å²) in [6.45, 7) is 2.44. The van der Waals surface area contributed by atoms with Crippen molar-refractivity contribution in [1.29, 1.82) is 0 Å². The minimum atomic E-state index is 0.298. The molecule has 0 amide bonds. The first-order chi connectivity index (χ1) is 8.74. The predicted octanol–water partition coefficient (Wildman–Crippen LogP) is 1.39. The Labute approximate surface area is 117 Å². The van der Waals surface area contributed by atoms with E-state index in [-0.39, 0.29) is 0 Å². The van der Waals surface area contributed by atoms with E-state index in [9.17, 15) is 5.11 Å². The molecule has 1 aliphatic rings. The van der Waals surface area contributed by atoms with Crippen LogP contribution in [0.3, 0.4) is 0 Å². The Morgan fingerprint density at radius 3 is 2.94 bits per heavy atom. The molecule has 1 saturated heterocycles. The number of ether oxygens (including phenoxy) is 1. The number of aliphatic hydroxyl groups is 1. The molecule has 2 N–H and O–H groups in total. The zero-order valence-corrected chi connectivity index (χ0v) is 12.4. The molecule has 4 heteroatoms. The first-order valence-electron chi connectivity index (χ1n) is 6.52. The summed E-state index contributed by atoms with van der Waals surface area (Å²) in [5.74, 6) is 0.867. The van der Waals surface area contributed by atoms with Gasteiger partial charge in [0.2, 0.25) is 0 Å². The number of halogens is 1. The fourth-order valence-corrected chi connectivity index (χ4v) is 3.27. The fourth-order valence-electron chi connectivity index (χ4n) is 2.69. The number of likely N-dealkylation sites (tertiary alicyclic amines) is 1. The standard InChI is InChI=1S/C14H20BrNO2/c1-18-14-6-5-11(8-13(14)15)9-16-7-3-2-4-12(16)10-17/h5-6,8,12,17H,2-4,7,9-10H2,1H3/p+1/t12-/m0/s1. The third-order valence-corrected chi connectivity index (χ3v) is 4.37. The average Bonchev–Trinajstić information content (AvgIpc) is 2.39. The Bertz CT molecular complexity index is 397. The van der Waals surface area contributed by atoms with E-state index >= 15 is 0 Å². The van der Waals surface area contributed by atoms with Crippen molar-refractivity contribution in [3.05, 3.63) is 28.2 Å². The summed E-state index contributed by atoms with van der Waals surface area (Å²) in [4.78, 5) is 1.50. The van der Waals surface area contributed by atoms with Crippen LogP contribution in [0.5, 0.6) is 5.75 Å². The van der Waals surface area contributed by atoms with Crippen molar-refractivity contribution in [3.8, 4) is 5.75 Å². The number of nitrogens with one attached hydrogen (secondary N) is 1. The van der Waals surface area contributed by atoms with Gasteiger partial charge in [-0.2, -0.15) is 0 Å². The van der Waals surface area contributed by atoms with Crippen LogP contribution in [-0.4, -0.2) is 31.4 Å². The van der Waals surface area contributed by atoms with Gasteiger partial charge in [0.15, 0.2) is 0 Å². The van der Waals surface area contributed by atoms with Gasteiger partial charge in [0.1, 0.15) is 18.3 Å². The molecule has 2 rings (SSSR count). The molecule has 0 saturated carbocycles. The molecule has 2 atom stereocenters. The number of piperidine rings is 1. The number of hydrogen-bond donors (Lipinski definition) is 2. The Balaban J connectivity index is 2.05. The Hall–Kier alpha value is -0.580. The molecular weight excluding hydrogens is 294 g/mol. The average molecular weight is 315 g/mol. The summed E-state index contributed by atoms with van der Waals surface area (Å²) in [7, 11) is 1.68. The number of benzene rings is 1. The van der Waals surface area contributed by atoms with Gasteiger partial charge in [0.25, 0.3) is 0 Å². The van der Waals surface area contributed by atoms with Crippen LogP contribution >= 0.6 is 15.9 Å². The van der Waals surface area contributed by atoms with Crippen LogP contribution in [0.15, 0.2) is 22.7 Å². The van der Waals surface area contributed by atoms with Crippen LogP contribution in [0.1, 0.15) is 24.8 Å². The number of quaternary nitrogens is 1. The number of aliphatic hydroxyl groups excluding tert-OH is 1. The monoisotopic (exact) mass is 314 g/mol. The summed E-state index contributed by atoms with van der Waals surface area (Å²) in [6.07, 6.45) is 3.66. The second-order valence-corrected chi connectivity index (χ2v) is 5.78. The van der Waals surface area contributed by atoms with Crippen LogP contribution < -0.4 is 9.64 Å². The minimum Gasteiger partial charge on any atom is -0.496 e. The number of hydrogen-bond acceptors (Lipinski definition) is 2. The van der Waals surface area contributed by atoms with E-state index in [0.29, 0.717) is 12.6 Å². The van der Waals surface area contributed by atoms with E-state index in [1.54, 1.807) is 7.11 Å². The lowest BCUT2D eigenvalue weighted by atomic mass is 10.0. The van der Waals surface area contributed by atoms with Gasteiger partial charge in [0.05, 0.1) is 24.7 Å². The quantitative estimate of drug-likeness (QED) is 0.880. The van der Waals surface area contributed by atoms with Gasteiger partial charge < -0.3 is 14.7 Å². The van der Waals surface area contributed by atoms with Crippen molar-refractivity contribution >= 4 is 15.9 Å². The maximum absolute atomic E-state index is 9.43. The second kappa shape index (κ2) is 6.55. The largest absolute Gasteiger partial charge is 0.496 e. The molecule has 0 bridgehead atoms. The molecular formula is C14H21BrNO2+. The fraction of sp³-hybridized carbons (Fsp3) is 0.571. The second-order valence-electron chi connectivity index (χ2n) is 4.93. The highest BCUT2D eigenvalue weighted by atomic mass is 79.9. The molecule has 1 heterocycles. The van der Waals surface area contributed by atoms with E-state index in [2.05, 4.69) is 28.1 Å². The van der Waals surface area contributed by atoms with Gasteiger partial charge in [-0.25, -0.2) is 0 Å². The summed E-state index contributed by atoms with van der Waals surface area (Å²) in [5, 5.41) is 9.43. The van der Waals surface area contributed by atoms with Crippen molar-refractivity contribution in [3.63, 3.8) is 0 Å². The van der Waals surface area contributed by atoms with Gasteiger partial charge in [0, 0.05) is 12.0 Å². The topological polar surface area (TPSA) is 33.9 Å². The molecule has 18 heavy (non-hydrogen) atoms. The molecule has 1 unspecified atom stereocenters. The van der Waals surface area contributed by atoms with Gasteiger partial charge in [-0.3, -0.25) is 0 Å². The molecule has 1 fully saturated rings. The predicted molar refractivity (Wildman–Crippen MR) is 75.0 cm³/mol. The maximum Gasteiger partial charge on any atom is 0.133 e. The maximum atomic E-state index is 9.43. The Kier molecular flexibility index (Phi) is 5.03. The third kappa shape index (κ3) is 3.25. The highest BCUT2D eigenvalue weighted by Crippen LogP contribution is 2.25. The summed E-state index contributed by atoms with van der Waals surface area (Å²) < 4.78 is 6.24. The van der Waals surface area contributed by atoms with E-state index in [1.807, 2.05) is 6.07 Å². The minimum absolute atomic E-state index is 0.298. The normalized spacial score (nSPS) is 23.9. The van der Waals surface area contributed by atoms with Gasteiger partial charge in [-0.1, -0.05) is 0 Å². The van der Waals surface area contributed by atoms with E-state index < -0.39 is 0 Å².